The number of likely N-dealkylation sites (N-methyl/N-ethyl adjacent to an activating group) is 1. The van der Waals surface area contributed by atoms with Gasteiger partial charge in [-0.1, -0.05) is 48.5 Å². The summed E-state index contributed by atoms with van der Waals surface area (Å²) in [6.07, 6.45) is 0. The summed E-state index contributed by atoms with van der Waals surface area (Å²) >= 11 is 9.59. The predicted molar refractivity (Wildman–Crippen MR) is 125 cm³/mol. The average Bonchev–Trinajstić information content (AvgIpc) is 3.16. The molecule has 29 heavy (non-hydrogen) atoms. The zero-order valence-corrected chi connectivity index (χ0v) is 18.6. The fourth-order valence-electron chi connectivity index (χ4n) is 3.45. The molecular formula is C21H23ClN4OS2. The van der Waals surface area contributed by atoms with E-state index in [1.54, 1.807) is 11.3 Å². The summed E-state index contributed by atoms with van der Waals surface area (Å²) < 4.78 is 2.04. The van der Waals surface area contributed by atoms with Crippen molar-refractivity contribution >= 4 is 62.2 Å². The molecule has 1 N–H and O–H groups in total. The number of nitrogens with zero attached hydrogens (tertiary/aromatic N) is 3. The van der Waals surface area contributed by atoms with Crippen LogP contribution in [0, 0.1) is 0 Å². The Hall–Kier alpha value is -1.80. The number of rotatable bonds is 6. The molecule has 1 amide bonds. The fourth-order valence-corrected chi connectivity index (χ4v) is 5.61. The fraction of sp³-hybridized carbons (Fsp3) is 0.333. The number of benzene rings is 2. The molecule has 2 heterocycles. The van der Waals surface area contributed by atoms with E-state index in [1.165, 1.54) is 11.8 Å². The first-order chi connectivity index (χ1) is 14.1. The highest BCUT2D eigenvalue weighted by molar-refractivity contribution is 8.01. The third-order valence-electron chi connectivity index (χ3n) is 5.00. The zero-order valence-electron chi connectivity index (χ0n) is 16.2. The van der Waals surface area contributed by atoms with Crippen LogP contribution in [0.1, 0.15) is 6.92 Å². The molecular weight excluding hydrogens is 424 g/mol. The lowest BCUT2D eigenvalue weighted by Crippen LogP contribution is -2.46. The molecule has 1 fully saturated rings. The van der Waals surface area contributed by atoms with E-state index in [1.807, 2.05) is 42.5 Å². The first-order valence-electron chi connectivity index (χ1n) is 9.68. The molecule has 8 heteroatoms. The van der Waals surface area contributed by atoms with Gasteiger partial charge in [-0.2, -0.15) is 0 Å². The number of anilines is 2. The highest BCUT2D eigenvalue weighted by Gasteiger charge is 2.21. The van der Waals surface area contributed by atoms with Crippen LogP contribution in [0.15, 0.2) is 46.8 Å². The van der Waals surface area contributed by atoms with Crippen LogP contribution in [0.4, 0.5) is 11.4 Å². The third kappa shape index (κ3) is 4.86. The molecule has 1 saturated heterocycles. The smallest absolute Gasteiger partial charge is 0.234 e. The molecule has 152 valence electrons. The van der Waals surface area contributed by atoms with Crippen LogP contribution in [0.5, 0.6) is 0 Å². The highest BCUT2D eigenvalue weighted by atomic mass is 35.5. The number of nitrogens with one attached hydrogen (secondary N) is 1. The molecule has 0 aliphatic carbocycles. The van der Waals surface area contributed by atoms with E-state index in [4.69, 9.17) is 11.6 Å². The van der Waals surface area contributed by atoms with Crippen LogP contribution in [0.3, 0.4) is 0 Å². The maximum absolute atomic E-state index is 12.6. The minimum absolute atomic E-state index is 0.0510. The number of hydrogen-bond donors (Lipinski definition) is 1. The van der Waals surface area contributed by atoms with Crippen molar-refractivity contribution in [3.63, 3.8) is 0 Å². The molecule has 0 unspecified atom stereocenters. The van der Waals surface area contributed by atoms with Gasteiger partial charge in [0.1, 0.15) is 0 Å². The maximum atomic E-state index is 12.6. The summed E-state index contributed by atoms with van der Waals surface area (Å²) in [5.74, 6) is 0.264. The van der Waals surface area contributed by atoms with Crippen molar-refractivity contribution in [3.8, 4) is 0 Å². The number of fused-ring (bicyclic) bond motifs is 1. The quantitative estimate of drug-likeness (QED) is 0.550. The third-order valence-corrected chi connectivity index (χ3v) is 7.48. The molecule has 4 rings (SSSR count). The summed E-state index contributed by atoms with van der Waals surface area (Å²) in [5.41, 5.74) is 2.67. The van der Waals surface area contributed by atoms with Gasteiger partial charge in [0.05, 0.1) is 32.4 Å². The minimum Gasteiger partial charge on any atom is -0.366 e. The number of amides is 1. The molecule has 0 radical (unpaired) electrons. The van der Waals surface area contributed by atoms with Crippen LogP contribution < -0.4 is 10.2 Å². The van der Waals surface area contributed by atoms with Crippen LogP contribution in [-0.4, -0.2) is 54.3 Å². The van der Waals surface area contributed by atoms with E-state index in [0.29, 0.717) is 10.8 Å². The maximum Gasteiger partial charge on any atom is 0.234 e. The van der Waals surface area contributed by atoms with Crippen LogP contribution in [-0.2, 0) is 4.79 Å². The van der Waals surface area contributed by atoms with Crippen molar-refractivity contribution in [2.75, 3.05) is 48.7 Å². The Bertz CT molecular complexity index is 968. The Balaban J connectivity index is 1.42. The van der Waals surface area contributed by atoms with Gasteiger partial charge >= 0.3 is 0 Å². The van der Waals surface area contributed by atoms with Crippen LogP contribution in [0.25, 0.3) is 10.2 Å². The van der Waals surface area contributed by atoms with Crippen LogP contribution in [0.2, 0.25) is 5.02 Å². The molecule has 0 atom stereocenters. The van der Waals surface area contributed by atoms with Gasteiger partial charge in [0, 0.05) is 26.2 Å². The molecule has 1 aliphatic heterocycles. The van der Waals surface area contributed by atoms with Crippen molar-refractivity contribution in [1.82, 2.24) is 9.88 Å². The number of piperazine rings is 1. The first kappa shape index (κ1) is 20.5. The Kier molecular flexibility index (Phi) is 6.60. The van der Waals surface area contributed by atoms with Gasteiger partial charge in [0.2, 0.25) is 5.91 Å². The molecule has 1 aliphatic rings. The topological polar surface area (TPSA) is 48.5 Å². The Labute approximate surface area is 184 Å². The number of halogens is 1. The second-order valence-corrected chi connectivity index (χ2v) is 9.50. The average molecular weight is 447 g/mol. The minimum atomic E-state index is -0.0510. The largest absolute Gasteiger partial charge is 0.366 e. The number of thioether (sulfide) groups is 1. The Morgan fingerprint density at radius 3 is 2.72 bits per heavy atom. The van der Waals surface area contributed by atoms with Gasteiger partial charge in [-0.15, -0.1) is 11.3 Å². The van der Waals surface area contributed by atoms with Gasteiger partial charge in [-0.05, 0) is 30.8 Å². The highest BCUT2D eigenvalue weighted by Crippen LogP contribution is 2.35. The van der Waals surface area contributed by atoms with E-state index >= 15 is 0 Å². The van der Waals surface area contributed by atoms with E-state index in [2.05, 4.69) is 27.0 Å². The first-order valence-corrected chi connectivity index (χ1v) is 11.9. The van der Waals surface area contributed by atoms with Gasteiger partial charge in [-0.25, -0.2) is 4.98 Å². The SMILES string of the molecule is CCN1CCN(c2c(Cl)cccc2NC(=O)CSc2nc3ccccc3s2)CC1. The molecule has 0 spiro atoms. The standard InChI is InChI=1S/C21H23ClN4OS2/c1-2-25-10-12-26(13-11-25)20-15(22)6-5-8-17(20)23-19(27)14-28-21-24-16-7-3-4-9-18(16)29-21/h3-9H,2,10-14H2,1H3,(H,23,27). The summed E-state index contributed by atoms with van der Waals surface area (Å²) in [5, 5.41) is 3.73. The normalized spacial score (nSPS) is 15.0. The molecule has 1 aromatic heterocycles. The summed E-state index contributed by atoms with van der Waals surface area (Å²) in [6.45, 7) is 7.05. The van der Waals surface area contributed by atoms with Crippen molar-refractivity contribution in [3.05, 3.63) is 47.5 Å². The number of para-hydroxylation sites is 2. The Morgan fingerprint density at radius 2 is 1.97 bits per heavy atom. The van der Waals surface area contributed by atoms with Crippen molar-refractivity contribution in [1.29, 1.82) is 0 Å². The number of aromatic nitrogens is 1. The lowest BCUT2D eigenvalue weighted by Gasteiger charge is -2.36. The molecule has 3 aromatic rings. The summed E-state index contributed by atoms with van der Waals surface area (Å²) in [6, 6.07) is 13.7. The monoisotopic (exact) mass is 446 g/mol. The van der Waals surface area contributed by atoms with E-state index in [-0.39, 0.29) is 5.91 Å². The zero-order chi connectivity index (χ0) is 20.2. The van der Waals surface area contributed by atoms with Crippen LogP contribution >= 0.6 is 34.7 Å². The summed E-state index contributed by atoms with van der Waals surface area (Å²) in [4.78, 5) is 21.9. The second kappa shape index (κ2) is 9.34. The van der Waals surface area contributed by atoms with Gasteiger partial charge in [-0.3, -0.25) is 4.79 Å². The number of thiazole rings is 1. The number of carbonyl (C=O) groups is 1. The predicted octanol–water partition coefficient (Wildman–Crippen LogP) is 4.82. The van der Waals surface area contributed by atoms with E-state index in [0.717, 1.165) is 58.7 Å². The van der Waals surface area contributed by atoms with Gasteiger partial charge in [0.25, 0.3) is 0 Å². The second-order valence-electron chi connectivity index (χ2n) is 6.84. The van der Waals surface area contributed by atoms with E-state index < -0.39 is 0 Å². The van der Waals surface area contributed by atoms with E-state index in [9.17, 15) is 4.79 Å². The summed E-state index contributed by atoms with van der Waals surface area (Å²) in [7, 11) is 0. The molecule has 2 aromatic carbocycles. The van der Waals surface area contributed by atoms with Crippen molar-refractivity contribution in [2.45, 2.75) is 11.3 Å². The molecule has 0 bridgehead atoms. The molecule has 5 nitrogen and oxygen atoms in total. The number of carbonyl (C=O) groups excluding carboxylic acids is 1. The number of hydrogen-bond acceptors (Lipinski definition) is 6. The molecule has 0 saturated carbocycles. The van der Waals surface area contributed by atoms with Crippen molar-refractivity contribution in [2.24, 2.45) is 0 Å². The Morgan fingerprint density at radius 1 is 1.17 bits per heavy atom. The lowest BCUT2D eigenvalue weighted by molar-refractivity contribution is -0.113. The van der Waals surface area contributed by atoms with Gasteiger partial charge in [0.15, 0.2) is 4.34 Å². The lowest BCUT2D eigenvalue weighted by atomic mass is 10.2. The van der Waals surface area contributed by atoms with Gasteiger partial charge < -0.3 is 15.1 Å². The van der Waals surface area contributed by atoms with Crippen molar-refractivity contribution < 1.29 is 4.79 Å².